The van der Waals surface area contributed by atoms with Gasteiger partial charge in [-0.1, -0.05) is 99.1 Å². The fourth-order valence-electron chi connectivity index (χ4n) is 4.62. The van der Waals surface area contributed by atoms with Crippen LogP contribution in [-0.2, 0) is 30.3 Å². The second kappa shape index (κ2) is 13.0. The number of hydrogen-bond donors (Lipinski definition) is 1. The molecule has 4 aromatic rings. The van der Waals surface area contributed by atoms with Gasteiger partial charge in [-0.3, -0.25) is 0 Å². The van der Waals surface area contributed by atoms with Gasteiger partial charge in [0.15, 0.2) is 35.3 Å². The van der Waals surface area contributed by atoms with E-state index in [9.17, 15) is 8.42 Å². The SMILES string of the molecule is Cc1ccc(S(=O)(=O)N[S+](c2ccccc2)c2ccccc2C2=N[C@@H](CO[Si](C)(C)C(C)(C)C)[C@H](c3ccccc3)O2)cc1. The summed E-state index contributed by atoms with van der Waals surface area (Å²) >= 11 is -1.05. The zero-order valence-electron chi connectivity index (χ0n) is 26.2. The molecule has 0 aromatic heterocycles. The van der Waals surface area contributed by atoms with Crippen LogP contribution in [0.1, 0.15) is 43.6 Å². The van der Waals surface area contributed by atoms with Crippen LogP contribution in [0.2, 0.25) is 18.1 Å². The van der Waals surface area contributed by atoms with Gasteiger partial charge in [0, 0.05) is 0 Å². The minimum absolute atomic E-state index is 0.0620. The lowest BCUT2D eigenvalue weighted by Gasteiger charge is -2.37. The van der Waals surface area contributed by atoms with Crippen molar-refractivity contribution in [3.63, 3.8) is 0 Å². The molecule has 0 aliphatic carbocycles. The summed E-state index contributed by atoms with van der Waals surface area (Å²) in [6.07, 6.45) is -0.327. The molecule has 3 atom stereocenters. The van der Waals surface area contributed by atoms with Crippen LogP contribution in [0.15, 0.2) is 129 Å². The Morgan fingerprint density at radius 3 is 2.09 bits per heavy atom. The molecule has 0 saturated carbocycles. The molecule has 9 heteroatoms. The molecule has 1 aliphatic rings. The number of ether oxygens (including phenoxy) is 1. The van der Waals surface area contributed by atoms with Gasteiger partial charge in [-0.25, -0.2) is 13.4 Å². The van der Waals surface area contributed by atoms with Crippen LogP contribution in [0.25, 0.3) is 0 Å². The van der Waals surface area contributed by atoms with E-state index in [1.54, 1.807) is 24.3 Å². The Balaban J connectivity index is 1.55. The smallest absolute Gasteiger partial charge is 0.280 e. The van der Waals surface area contributed by atoms with Crippen molar-refractivity contribution in [2.45, 2.75) is 72.7 Å². The summed E-state index contributed by atoms with van der Waals surface area (Å²) in [5, 5.41) is 0.0620. The van der Waals surface area contributed by atoms with Gasteiger partial charge < -0.3 is 9.16 Å². The van der Waals surface area contributed by atoms with Crippen LogP contribution in [0.4, 0.5) is 0 Å². The van der Waals surface area contributed by atoms with Gasteiger partial charge in [0.05, 0.1) is 17.1 Å². The molecular weight excluding hydrogens is 605 g/mol. The first-order chi connectivity index (χ1) is 20.9. The highest BCUT2D eigenvalue weighted by molar-refractivity contribution is 8.07. The summed E-state index contributed by atoms with van der Waals surface area (Å²) in [5.74, 6) is 0.487. The average Bonchev–Trinajstić information content (AvgIpc) is 3.44. The van der Waals surface area contributed by atoms with E-state index in [-0.39, 0.29) is 22.1 Å². The first-order valence-corrected chi connectivity index (χ1v) is 20.4. The third-order valence-electron chi connectivity index (χ3n) is 8.26. The van der Waals surface area contributed by atoms with Crippen LogP contribution in [0.5, 0.6) is 0 Å². The normalized spacial score (nSPS) is 18.0. The number of benzene rings is 4. The molecule has 1 heterocycles. The number of aryl methyl sites for hydroxylation is 1. The number of nitrogens with one attached hydrogen (secondary N) is 1. The van der Waals surface area contributed by atoms with E-state index in [4.69, 9.17) is 14.2 Å². The van der Waals surface area contributed by atoms with E-state index in [2.05, 4.69) is 50.1 Å². The van der Waals surface area contributed by atoms with Gasteiger partial charge in [0.25, 0.3) is 10.0 Å². The van der Waals surface area contributed by atoms with Crippen molar-refractivity contribution in [1.29, 1.82) is 0 Å². The molecule has 5 rings (SSSR count). The minimum Gasteiger partial charge on any atom is -0.467 e. The Kier molecular flexibility index (Phi) is 9.53. The lowest BCUT2D eigenvalue weighted by atomic mass is 10.0. The Hall–Kier alpha value is -3.21. The molecule has 0 amide bonds. The topological polar surface area (TPSA) is 77.0 Å². The van der Waals surface area contributed by atoms with E-state index in [0.717, 1.165) is 26.5 Å². The standard InChI is InChI=1S/C35H41N2O4S2Si/c1-26-21-23-29(24-22-26)43(38,39)37-42(28-17-11-8-12-18-28)32-20-14-13-19-30(32)34-36-31(25-40-44(5,6)35(2,3)4)33(41-34)27-15-9-7-10-16-27/h7-24,31,33,37H,25H2,1-6H3/q+1/t31-,33-,42?/m0/s1. The Morgan fingerprint density at radius 1 is 0.864 bits per heavy atom. The third kappa shape index (κ3) is 7.19. The van der Waals surface area contributed by atoms with Crippen molar-refractivity contribution >= 4 is 35.3 Å². The van der Waals surface area contributed by atoms with E-state index in [1.807, 2.05) is 79.7 Å². The Labute approximate surface area is 266 Å². The summed E-state index contributed by atoms with van der Waals surface area (Å²) in [6, 6.07) is 34.1. The molecule has 1 aliphatic heterocycles. The highest BCUT2D eigenvalue weighted by atomic mass is 32.3. The van der Waals surface area contributed by atoms with E-state index in [1.165, 1.54) is 0 Å². The number of nitrogens with zero attached hydrogens (tertiary/aromatic N) is 1. The molecule has 0 radical (unpaired) electrons. The Bertz CT molecular complexity index is 1710. The maximum absolute atomic E-state index is 13.7. The molecule has 0 spiro atoms. The maximum Gasteiger partial charge on any atom is 0.280 e. The van der Waals surface area contributed by atoms with Crippen molar-refractivity contribution in [2.24, 2.45) is 4.99 Å². The Morgan fingerprint density at radius 2 is 1.45 bits per heavy atom. The van der Waals surface area contributed by atoms with Crippen LogP contribution in [-0.4, -0.2) is 35.3 Å². The summed E-state index contributed by atoms with van der Waals surface area (Å²) in [4.78, 5) is 6.96. The highest BCUT2D eigenvalue weighted by Gasteiger charge is 2.42. The van der Waals surface area contributed by atoms with E-state index >= 15 is 0 Å². The lowest BCUT2D eigenvalue weighted by Crippen LogP contribution is -2.42. The molecule has 0 fully saturated rings. The predicted molar refractivity (Wildman–Crippen MR) is 182 cm³/mol. The molecule has 1 N–H and O–H groups in total. The predicted octanol–water partition coefficient (Wildman–Crippen LogP) is 7.83. The minimum atomic E-state index is -3.85. The van der Waals surface area contributed by atoms with Crippen LogP contribution < -0.4 is 4.13 Å². The quantitative estimate of drug-likeness (QED) is 0.141. The molecule has 0 bridgehead atoms. The molecular formula is C35H41N2O4S2Si+. The van der Waals surface area contributed by atoms with E-state index < -0.39 is 29.4 Å². The number of rotatable bonds is 10. The van der Waals surface area contributed by atoms with Crippen molar-refractivity contribution in [2.75, 3.05) is 6.61 Å². The molecule has 1 unspecified atom stereocenters. The zero-order chi connectivity index (χ0) is 31.5. The highest BCUT2D eigenvalue weighted by Crippen LogP contribution is 2.39. The van der Waals surface area contributed by atoms with Gasteiger partial charge in [-0.2, -0.15) is 0 Å². The maximum atomic E-state index is 13.7. The summed E-state index contributed by atoms with van der Waals surface area (Å²) in [7, 11) is -5.89. The van der Waals surface area contributed by atoms with Gasteiger partial charge in [0.1, 0.15) is 6.04 Å². The third-order valence-corrected chi connectivity index (χ3v) is 16.7. The second-order valence-electron chi connectivity index (χ2n) is 12.5. The first kappa shape index (κ1) is 32.2. The van der Waals surface area contributed by atoms with Gasteiger partial charge in [-0.05, 0) is 71.1 Å². The van der Waals surface area contributed by atoms with Crippen molar-refractivity contribution in [1.82, 2.24) is 4.13 Å². The molecule has 0 saturated heterocycles. The summed E-state index contributed by atoms with van der Waals surface area (Å²) < 4.78 is 43.7. The fourth-order valence-corrected chi connectivity index (χ4v) is 9.42. The van der Waals surface area contributed by atoms with Crippen molar-refractivity contribution in [3.8, 4) is 0 Å². The summed E-state index contributed by atoms with van der Waals surface area (Å²) in [5.41, 5.74) is 2.77. The average molecular weight is 646 g/mol. The molecule has 6 nitrogen and oxygen atoms in total. The largest absolute Gasteiger partial charge is 0.467 e. The van der Waals surface area contributed by atoms with Crippen LogP contribution in [0, 0.1) is 6.92 Å². The van der Waals surface area contributed by atoms with Gasteiger partial charge in [-0.15, -0.1) is 0 Å². The van der Waals surface area contributed by atoms with E-state index in [0.29, 0.717) is 12.5 Å². The number of sulfonamides is 1. The zero-order valence-corrected chi connectivity index (χ0v) is 28.8. The van der Waals surface area contributed by atoms with Crippen molar-refractivity contribution in [3.05, 3.63) is 126 Å². The molecule has 4 aromatic carbocycles. The molecule has 230 valence electrons. The van der Waals surface area contributed by atoms with Crippen LogP contribution in [0.3, 0.4) is 0 Å². The fraction of sp³-hybridized carbons (Fsp3) is 0.286. The van der Waals surface area contributed by atoms with Gasteiger partial charge >= 0.3 is 0 Å². The van der Waals surface area contributed by atoms with Crippen molar-refractivity contribution < 1.29 is 17.6 Å². The van der Waals surface area contributed by atoms with Gasteiger partial charge in [0.2, 0.25) is 5.90 Å². The van der Waals surface area contributed by atoms with Crippen LogP contribution >= 0.6 is 0 Å². The lowest BCUT2D eigenvalue weighted by molar-refractivity contribution is 0.154. The first-order valence-electron chi connectivity index (χ1n) is 14.8. The number of hydrogen-bond acceptors (Lipinski definition) is 5. The summed E-state index contributed by atoms with van der Waals surface area (Å²) in [6.45, 7) is 13.5. The monoisotopic (exact) mass is 645 g/mol. The molecule has 44 heavy (non-hydrogen) atoms. The second-order valence-corrected chi connectivity index (χ2v) is 21.0. The number of aliphatic imine (C=N–C) groups is 1.